The number of ether oxygens (including phenoxy) is 3. The molecule has 202 valence electrons. The number of rotatable bonds is 7. The molecule has 2 N–H and O–H groups in total. The average Bonchev–Trinajstić information content (AvgIpc) is 3.20. The van der Waals surface area contributed by atoms with Crippen molar-refractivity contribution in [3.63, 3.8) is 0 Å². The molecule has 1 aromatic heterocycles. The summed E-state index contributed by atoms with van der Waals surface area (Å²) in [5, 5.41) is 10.3. The van der Waals surface area contributed by atoms with Crippen molar-refractivity contribution in [2.24, 2.45) is 5.73 Å². The Kier molecular flexibility index (Phi) is 7.98. The third-order valence-electron chi connectivity index (χ3n) is 5.90. The first kappa shape index (κ1) is 27.7. The van der Waals surface area contributed by atoms with E-state index in [1.165, 1.54) is 4.57 Å². The molecule has 2 aromatic carbocycles. The Labute approximate surface area is 230 Å². The van der Waals surface area contributed by atoms with Crippen molar-refractivity contribution in [2.75, 3.05) is 13.2 Å². The van der Waals surface area contributed by atoms with Gasteiger partial charge in [0.15, 0.2) is 0 Å². The number of hydrogen-bond acceptors (Lipinski definition) is 8. The number of aromatic nitrogens is 1. The first-order valence-corrected chi connectivity index (χ1v) is 13.5. The third kappa shape index (κ3) is 5.76. The molecule has 1 aliphatic rings. The maximum atomic E-state index is 13.6. The summed E-state index contributed by atoms with van der Waals surface area (Å²) in [7, 11) is 0. The highest BCUT2D eigenvalue weighted by Gasteiger charge is 2.38. The molecule has 0 spiro atoms. The molecule has 0 saturated carbocycles. The Morgan fingerprint density at radius 1 is 1.05 bits per heavy atom. The summed E-state index contributed by atoms with van der Waals surface area (Å²) in [6.07, 6.45) is 1.73. The summed E-state index contributed by atoms with van der Waals surface area (Å²) in [4.78, 5) is 27.1. The van der Waals surface area contributed by atoms with E-state index in [0.29, 0.717) is 33.7 Å². The largest absolute Gasteiger partial charge is 0.494 e. The van der Waals surface area contributed by atoms with E-state index in [-0.39, 0.29) is 17.0 Å². The van der Waals surface area contributed by atoms with Crippen molar-refractivity contribution in [1.82, 2.24) is 4.57 Å². The number of fused-ring (bicyclic) bond motifs is 1. The van der Waals surface area contributed by atoms with Gasteiger partial charge < -0.3 is 19.9 Å². The molecule has 2 heterocycles. The van der Waals surface area contributed by atoms with Crippen LogP contribution in [0.4, 0.5) is 0 Å². The van der Waals surface area contributed by atoms with Gasteiger partial charge in [-0.1, -0.05) is 24.3 Å². The van der Waals surface area contributed by atoms with Gasteiger partial charge in [0.2, 0.25) is 0 Å². The summed E-state index contributed by atoms with van der Waals surface area (Å²) in [6, 6.07) is 16.7. The normalized spacial score (nSPS) is 15.5. The molecular weight excluding hydrogens is 514 g/mol. The van der Waals surface area contributed by atoms with Gasteiger partial charge in [0.05, 0.1) is 40.9 Å². The molecule has 0 amide bonds. The van der Waals surface area contributed by atoms with Gasteiger partial charge in [0.1, 0.15) is 27.6 Å². The van der Waals surface area contributed by atoms with E-state index < -0.39 is 23.0 Å². The topological polar surface area (TPSA) is 117 Å². The quantitative estimate of drug-likeness (QED) is 0.452. The summed E-state index contributed by atoms with van der Waals surface area (Å²) >= 11 is 1.16. The van der Waals surface area contributed by atoms with Gasteiger partial charge in [-0.2, -0.15) is 5.26 Å². The molecule has 0 bridgehead atoms. The highest BCUT2D eigenvalue weighted by Crippen LogP contribution is 2.38. The predicted molar refractivity (Wildman–Crippen MR) is 152 cm³/mol. The smallest absolute Gasteiger partial charge is 0.339 e. The average molecular weight is 546 g/mol. The fourth-order valence-electron chi connectivity index (χ4n) is 4.32. The van der Waals surface area contributed by atoms with Crippen molar-refractivity contribution in [2.45, 2.75) is 46.1 Å². The van der Waals surface area contributed by atoms with Crippen LogP contribution in [0, 0.1) is 11.3 Å². The van der Waals surface area contributed by atoms with Crippen LogP contribution in [-0.2, 0) is 9.53 Å². The fraction of sp³-hybridized carbons (Fsp3) is 0.300. The number of esters is 1. The molecular formula is C30H31N3O5S. The molecule has 9 heteroatoms. The van der Waals surface area contributed by atoms with Crippen LogP contribution >= 0.6 is 11.3 Å². The van der Waals surface area contributed by atoms with Gasteiger partial charge >= 0.3 is 5.97 Å². The molecule has 1 atom stereocenters. The SMILES string of the molecule is CCOc1ccc(C=c2sc3n(c2=O)C(N)=C(C(=O)OC(C)(C)C)C(c2ccc(OCC)cc2)C=3C#N)cc1. The zero-order valence-electron chi connectivity index (χ0n) is 22.6. The molecule has 8 nitrogen and oxygen atoms in total. The van der Waals surface area contributed by atoms with E-state index in [0.717, 1.165) is 22.6 Å². The van der Waals surface area contributed by atoms with E-state index in [1.54, 1.807) is 51.1 Å². The summed E-state index contributed by atoms with van der Waals surface area (Å²) in [6.45, 7) is 10.1. The van der Waals surface area contributed by atoms with E-state index in [2.05, 4.69) is 6.07 Å². The maximum Gasteiger partial charge on any atom is 0.339 e. The lowest BCUT2D eigenvalue weighted by Crippen LogP contribution is -2.41. The third-order valence-corrected chi connectivity index (χ3v) is 7.01. The molecule has 39 heavy (non-hydrogen) atoms. The van der Waals surface area contributed by atoms with Crippen LogP contribution in [0.1, 0.15) is 51.7 Å². The number of nitrogens with two attached hydrogens (primary N) is 1. The number of hydrogen-bond donors (Lipinski definition) is 1. The van der Waals surface area contributed by atoms with Crippen molar-refractivity contribution in [1.29, 1.82) is 5.26 Å². The number of benzene rings is 2. The van der Waals surface area contributed by atoms with Crippen molar-refractivity contribution < 1.29 is 19.0 Å². The zero-order valence-corrected chi connectivity index (χ0v) is 23.4. The lowest BCUT2D eigenvalue weighted by atomic mass is 9.83. The zero-order chi connectivity index (χ0) is 28.3. The van der Waals surface area contributed by atoms with E-state index >= 15 is 0 Å². The van der Waals surface area contributed by atoms with Crippen LogP contribution in [0.3, 0.4) is 0 Å². The Morgan fingerprint density at radius 2 is 1.62 bits per heavy atom. The standard InChI is InChI=1S/C30H31N3O5S/c1-6-36-20-12-8-18(9-13-20)16-23-27(34)33-26(32)25(29(35)38-30(3,4)5)24(22(17-31)28(33)39-23)19-10-14-21(15-11-19)37-7-2/h8-16,24H,6-7,32H2,1-5H3. The lowest BCUT2D eigenvalue weighted by Gasteiger charge is -2.28. The second kappa shape index (κ2) is 11.2. The second-order valence-corrected chi connectivity index (χ2v) is 10.9. The molecule has 0 radical (unpaired) electrons. The van der Waals surface area contributed by atoms with Crippen LogP contribution in [0.5, 0.6) is 11.5 Å². The monoisotopic (exact) mass is 545 g/mol. The Balaban J connectivity index is 1.96. The first-order valence-electron chi connectivity index (χ1n) is 12.6. The molecule has 3 aromatic rings. The lowest BCUT2D eigenvalue weighted by molar-refractivity contribution is -0.150. The first-order chi connectivity index (χ1) is 18.6. The Bertz CT molecular complexity index is 1630. The van der Waals surface area contributed by atoms with E-state index in [9.17, 15) is 14.9 Å². The molecule has 0 saturated heterocycles. The second-order valence-electron chi connectivity index (χ2n) is 9.82. The molecule has 0 fully saturated rings. The fourth-order valence-corrected chi connectivity index (χ4v) is 5.45. The van der Waals surface area contributed by atoms with E-state index in [1.807, 2.05) is 38.1 Å². The molecule has 1 aliphatic heterocycles. The minimum Gasteiger partial charge on any atom is -0.494 e. The van der Waals surface area contributed by atoms with E-state index in [4.69, 9.17) is 19.9 Å². The summed E-state index contributed by atoms with van der Waals surface area (Å²) in [5.41, 5.74) is 7.06. The molecule has 0 aliphatic carbocycles. The van der Waals surface area contributed by atoms with Crippen LogP contribution in [0.15, 0.2) is 58.9 Å². The van der Waals surface area contributed by atoms with Gasteiger partial charge in [0, 0.05) is 0 Å². The number of carbonyl (C=O) groups is 1. The van der Waals surface area contributed by atoms with Crippen molar-refractivity contribution in [3.05, 3.63) is 84.8 Å². The van der Waals surface area contributed by atoms with Crippen LogP contribution in [-0.4, -0.2) is 29.4 Å². The van der Waals surface area contributed by atoms with Crippen LogP contribution in [0.25, 0.3) is 17.5 Å². The summed E-state index contributed by atoms with van der Waals surface area (Å²) in [5.74, 6) is -0.176. The predicted octanol–water partition coefficient (Wildman–Crippen LogP) is 3.48. The molecule has 1 unspecified atom stereocenters. The van der Waals surface area contributed by atoms with Crippen molar-refractivity contribution in [3.8, 4) is 17.6 Å². The van der Waals surface area contributed by atoms with Crippen LogP contribution in [0.2, 0.25) is 0 Å². The number of carbonyl (C=O) groups excluding carboxylic acids is 1. The van der Waals surface area contributed by atoms with Gasteiger partial charge in [0.25, 0.3) is 5.56 Å². The minimum atomic E-state index is -0.822. The highest BCUT2D eigenvalue weighted by molar-refractivity contribution is 7.07. The summed E-state index contributed by atoms with van der Waals surface area (Å²) < 4.78 is 18.7. The molecule has 4 rings (SSSR count). The van der Waals surface area contributed by atoms with Gasteiger partial charge in [-0.25, -0.2) is 4.79 Å². The Morgan fingerprint density at radius 3 is 2.13 bits per heavy atom. The minimum absolute atomic E-state index is 0.0469. The van der Waals surface area contributed by atoms with Crippen molar-refractivity contribution >= 4 is 34.8 Å². The number of nitriles is 1. The number of nitrogens with zero attached hydrogens (tertiary/aromatic N) is 2. The Hall–Kier alpha value is -4.29. The highest BCUT2D eigenvalue weighted by atomic mass is 32.1. The van der Waals surface area contributed by atoms with Gasteiger partial charge in [-0.05, 0) is 76.1 Å². The van der Waals surface area contributed by atoms with Gasteiger partial charge in [-0.3, -0.25) is 9.36 Å². The number of thiazole rings is 1. The maximum absolute atomic E-state index is 13.6. The van der Waals surface area contributed by atoms with Crippen LogP contribution < -0.4 is 30.0 Å². The van der Waals surface area contributed by atoms with Gasteiger partial charge in [-0.15, -0.1) is 11.3 Å².